The van der Waals surface area contributed by atoms with Crippen molar-refractivity contribution in [2.45, 2.75) is 49.6 Å². The molecule has 0 saturated carbocycles. The SMILES string of the molecule is Cc1ccc(S(=O)(=O)N2CCC[C@H]2C(=O)N2CCN(C(=O)C3CCCO3)CC2)cc1. The van der Waals surface area contributed by atoms with Crippen LogP contribution in [-0.4, -0.2) is 85.8 Å². The first kappa shape index (κ1) is 21.3. The van der Waals surface area contributed by atoms with Crippen molar-refractivity contribution in [3.8, 4) is 0 Å². The number of nitrogens with zero attached hydrogens (tertiary/aromatic N) is 3. The van der Waals surface area contributed by atoms with Crippen molar-refractivity contribution in [2.24, 2.45) is 0 Å². The van der Waals surface area contributed by atoms with E-state index in [0.29, 0.717) is 52.2 Å². The van der Waals surface area contributed by atoms with Gasteiger partial charge in [-0.15, -0.1) is 0 Å². The standard InChI is InChI=1S/C21H29N3O5S/c1-16-6-8-17(9-7-16)30(27,28)24-10-2-4-18(24)20(25)22-11-13-23(14-12-22)21(26)19-5-3-15-29-19/h6-9,18-19H,2-5,10-15H2,1H3/t18-,19?/m0/s1. The molecule has 1 unspecified atom stereocenters. The maximum absolute atomic E-state index is 13.2. The van der Waals surface area contributed by atoms with E-state index in [1.165, 1.54) is 4.31 Å². The zero-order valence-corrected chi connectivity index (χ0v) is 18.1. The molecule has 0 N–H and O–H groups in total. The van der Waals surface area contributed by atoms with Crippen molar-refractivity contribution in [3.63, 3.8) is 0 Å². The summed E-state index contributed by atoms with van der Waals surface area (Å²) in [6.07, 6.45) is 2.50. The lowest BCUT2D eigenvalue weighted by atomic mass is 10.1. The third-order valence-electron chi connectivity index (χ3n) is 6.22. The van der Waals surface area contributed by atoms with Crippen LogP contribution in [0.25, 0.3) is 0 Å². The Balaban J connectivity index is 1.40. The number of benzene rings is 1. The third kappa shape index (κ3) is 4.10. The number of aryl methyl sites for hydroxylation is 1. The molecule has 9 heteroatoms. The highest BCUT2D eigenvalue weighted by Gasteiger charge is 2.42. The lowest BCUT2D eigenvalue weighted by molar-refractivity contribution is -0.146. The number of carbonyl (C=O) groups excluding carboxylic acids is 2. The van der Waals surface area contributed by atoms with Gasteiger partial charge in [0, 0.05) is 39.3 Å². The Bertz CT molecular complexity index is 888. The summed E-state index contributed by atoms with van der Waals surface area (Å²) in [5.74, 6) is -0.156. The van der Waals surface area contributed by atoms with E-state index in [0.717, 1.165) is 18.4 Å². The molecule has 0 aliphatic carbocycles. The van der Waals surface area contributed by atoms with Crippen molar-refractivity contribution in [2.75, 3.05) is 39.3 Å². The molecule has 4 rings (SSSR count). The van der Waals surface area contributed by atoms with E-state index in [-0.39, 0.29) is 22.8 Å². The first-order chi connectivity index (χ1) is 14.4. The van der Waals surface area contributed by atoms with Gasteiger partial charge < -0.3 is 14.5 Å². The van der Waals surface area contributed by atoms with Gasteiger partial charge in [-0.25, -0.2) is 8.42 Å². The molecule has 0 radical (unpaired) electrons. The Labute approximate surface area is 177 Å². The van der Waals surface area contributed by atoms with E-state index in [2.05, 4.69) is 0 Å². The number of amides is 2. The van der Waals surface area contributed by atoms with Gasteiger partial charge in [-0.1, -0.05) is 17.7 Å². The van der Waals surface area contributed by atoms with Crippen molar-refractivity contribution in [1.29, 1.82) is 0 Å². The van der Waals surface area contributed by atoms with Gasteiger partial charge in [-0.2, -0.15) is 4.31 Å². The topological polar surface area (TPSA) is 87.2 Å². The van der Waals surface area contributed by atoms with Crippen LogP contribution in [-0.2, 0) is 24.3 Å². The summed E-state index contributed by atoms with van der Waals surface area (Å²) in [6, 6.07) is 6.06. The fourth-order valence-corrected chi connectivity index (χ4v) is 6.11. The summed E-state index contributed by atoms with van der Waals surface area (Å²) >= 11 is 0. The lowest BCUT2D eigenvalue weighted by Gasteiger charge is -2.37. The molecule has 3 aliphatic rings. The van der Waals surface area contributed by atoms with Crippen molar-refractivity contribution in [1.82, 2.24) is 14.1 Å². The molecule has 8 nitrogen and oxygen atoms in total. The molecular formula is C21H29N3O5S. The molecule has 0 aromatic heterocycles. The zero-order chi connectivity index (χ0) is 21.3. The number of piperazine rings is 1. The molecule has 3 fully saturated rings. The summed E-state index contributed by atoms with van der Waals surface area (Å²) in [5.41, 5.74) is 0.985. The Morgan fingerprint density at radius 1 is 0.900 bits per heavy atom. The molecule has 0 spiro atoms. The molecule has 2 atom stereocenters. The number of ether oxygens (including phenoxy) is 1. The van der Waals surface area contributed by atoms with E-state index >= 15 is 0 Å². The van der Waals surface area contributed by atoms with Gasteiger partial charge in [0.2, 0.25) is 15.9 Å². The fourth-order valence-electron chi connectivity index (χ4n) is 4.45. The van der Waals surface area contributed by atoms with Crippen LogP contribution in [0.4, 0.5) is 0 Å². The summed E-state index contributed by atoms with van der Waals surface area (Å²) in [5, 5.41) is 0. The second-order valence-corrected chi connectivity index (χ2v) is 10.1. The molecule has 2 amide bonds. The highest BCUT2D eigenvalue weighted by atomic mass is 32.2. The minimum atomic E-state index is -3.72. The van der Waals surface area contributed by atoms with Gasteiger partial charge in [0.15, 0.2) is 0 Å². The van der Waals surface area contributed by atoms with E-state index in [1.807, 2.05) is 6.92 Å². The monoisotopic (exact) mass is 435 g/mol. The maximum Gasteiger partial charge on any atom is 0.251 e. The average Bonchev–Trinajstić information content (AvgIpc) is 3.45. The van der Waals surface area contributed by atoms with Crippen molar-refractivity contribution < 1.29 is 22.7 Å². The number of sulfonamides is 1. The van der Waals surface area contributed by atoms with Crippen LogP contribution in [0.15, 0.2) is 29.2 Å². The first-order valence-electron chi connectivity index (χ1n) is 10.7. The molecule has 164 valence electrons. The first-order valence-corrected chi connectivity index (χ1v) is 12.1. The normalized spacial score (nSPS) is 25.6. The Morgan fingerprint density at radius 2 is 1.53 bits per heavy atom. The van der Waals surface area contributed by atoms with E-state index in [1.54, 1.807) is 34.1 Å². The molecule has 3 saturated heterocycles. The van der Waals surface area contributed by atoms with E-state index in [4.69, 9.17) is 4.74 Å². The predicted molar refractivity (Wildman–Crippen MR) is 110 cm³/mol. The van der Waals surface area contributed by atoms with Crippen LogP contribution in [0, 0.1) is 6.92 Å². The molecule has 3 heterocycles. The highest BCUT2D eigenvalue weighted by molar-refractivity contribution is 7.89. The summed E-state index contributed by atoms with van der Waals surface area (Å²) < 4.78 is 33.1. The molecule has 30 heavy (non-hydrogen) atoms. The van der Waals surface area contributed by atoms with Crippen LogP contribution in [0.1, 0.15) is 31.2 Å². The summed E-state index contributed by atoms with van der Waals surface area (Å²) in [6.45, 7) is 4.65. The van der Waals surface area contributed by atoms with Crippen LogP contribution in [0.2, 0.25) is 0 Å². The maximum atomic E-state index is 13.2. The molecule has 1 aromatic carbocycles. The average molecular weight is 436 g/mol. The largest absolute Gasteiger partial charge is 0.368 e. The molecule has 0 bridgehead atoms. The van der Waals surface area contributed by atoms with Gasteiger partial charge in [-0.3, -0.25) is 9.59 Å². The summed E-state index contributed by atoms with van der Waals surface area (Å²) in [7, 11) is -3.72. The van der Waals surface area contributed by atoms with E-state index in [9.17, 15) is 18.0 Å². The quantitative estimate of drug-likeness (QED) is 0.704. The zero-order valence-electron chi connectivity index (χ0n) is 17.3. The van der Waals surface area contributed by atoms with Crippen LogP contribution in [0.5, 0.6) is 0 Å². The van der Waals surface area contributed by atoms with Gasteiger partial charge in [0.25, 0.3) is 5.91 Å². The van der Waals surface area contributed by atoms with Crippen molar-refractivity contribution >= 4 is 21.8 Å². The number of hydrogen-bond acceptors (Lipinski definition) is 5. The van der Waals surface area contributed by atoms with E-state index < -0.39 is 16.1 Å². The predicted octanol–water partition coefficient (Wildman–Crippen LogP) is 0.998. The van der Waals surface area contributed by atoms with Crippen molar-refractivity contribution in [3.05, 3.63) is 29.8 Å². The van der Waals surface area contributed by atoms with Gasteiger partial charge in [0.05, 0.1) is 4.90 Å². The minimum Gasteiger partial charge on any atom is -0.368 e. The molecule has 3 aliphatic heterocycles. The Morgan fingerprint density at radius 3 is 2.13 bits per heavy atom. The summed E-state index contributed by atoms with van der Waals surface area (Å²) in [4.78, 5) is 29.4. The van der Waals surface area contributed by atoms with Gasteiger partial charge in [-0.05, 0) is 44.7 Å². The van der Waals surface area contributed by atoms with Crippen LogP contribution in [0.3, 0.4) is 0 Å². The van der Waals surface area contributed by atoms with Crippen LogP contribution >= 0.6 is 0 Å². The molecule has 1 aromatic rings. The van der Waals surface area contributed by atoms with Crippen LogP contribution < -0.4 is 0 Å². The second kappa shape index (κ2) is 8.64. The fraction of sp³-hybridized carbons (Fsp3) is 0.619. The lowest BCUT2D eigenvalue weighted by Crippen LogP contribution is -2.56. The number of carbonyl (C=O) groups is 2. The Hall–Kier alpha value is -1.97. The number of hydrogen-bond donors (Lipinski definition) is 0. The smallest absolute Gasteiger partial charge is 0.251 e. The third-order valence-corrected chi connectivity index (χ3v) is 8.15. The van der Waals surface area contributed by atoms with Gasteiger partial charge >= 0.3 is 0 Å². The Kier molecular flexibility index (Phi) is 6.13. The molecular weight excluding hydrogens is 406 g/mol. The van der Waals surface area contributed by atoms with Gasteiger partial charge in [0.1, 0.15) is 12.1 Å². The second-order valence-electron chi connectivity index (χ2n) is 8.24. The number of rotatable bonds is 4. The minimum absolute atomic E-state index is 0.00374. The highest BCUT2D eigenvalue weighted by Crippen LogP contribution is 2.28.